The number of esters is 1. The van der Waals surface area contributed by atoms with Crippen molar-refractivity contribution in [2.75, 3.05) is 34.8 Å². The number of Topliss-reactive ketones (excluding diaryl/α,β-unsaturated/α-hetero) is 4. The molecule has 2 aromatic carbocycles. The van der Waals surface area contributed by atoms with Crippen LogP contribution >= 0.6 is 0 Å². The Morgan fingerprint density at radius 2 is 1.33 bits per heavy atom. The predicted molar refractivity (Wildman–Crippen MR) is 250 cm³/mol. The van der Waals surface area contributed by atoms with Crippen LogP contribution in [0.15, 0.2) is 70.6 Å². The third-order valence-corrected chi connectivity index (χ3v) is 16.1. The molecule has 4 aromatic rings. The van der Waals surface area contributed by atoms with E-state index in [9.17, 15) is 55.2 Å². The zero-order valence-electron chi connectivity index (χ0n) is 40.3. The third-order valence-electron chi connectivity index (χ3n) is 16.1. The minimum absolute atomic E-state index is 0.00324. The smallest absolute Gasteiger partial charge is 0.360 e. The van der Waals surface area contributed by atoms with E-state index < -0.39 is 169 Å². The van der Waals surface area contributed by atoms with Crippen LogP contribution in [0.25, 0.3) is 22.9 Å². The van der Waals surface area contributed by atoms with Crippen LogP contribution in [0.1, 0.15) is 52.5 Å². The van der Waals surface area contributed by atoms with Crippen LogP contribution < -0.4 is 11.5 Å². The highest BCUT2D eigenvalue weighted by Gasteiger charge is 2.85. The molecule has 390 valence electrons. The molecule has 0 spiro atoms. The normalized spacial score (nSPS) is 29.2. The lowest BCUT2D eigenvalue weighted by Crippen LogP contribution is -2.87. The largest absolute Gasteiger partial charge is 0.509 e. The number of aliphatic hydroxyl groups is 6. The first-order valence-corrected chi connectivity index (χ1v) is 23.2. The molecule has 6 aliphatic rings. The summed E-state index contributed by atoms with van der Waals surface area (Å²) in [6, 6.07) is 2.77. The number of fused-ring (bicyclic) bond motifs is 6. The summed E-state index contributed by atoms with van der Waals surface area (Å²) in [4.78, 5) is 104. The Labute approximate surface area is 421 Å². The lowest BCUT2D eigenvalue weighted by atomic mass is 9.37. The highest BCUT2D eigenvalue weighted by molar-refractivity contribution is 6.33. The molecule has 8 atom stereocenters. The summed E-state index contributed by atoms with van der Waals surface area (Å²) >= 11 is 0. The molecule has 2 heterocycles. The number of carbonyl (C=O) groups is 7. The summed E-state index contributed by atoms with van der Waals surface area (Å²) < 4.78 is 7.34. The van der Waals surface area contributed by atoms with Crippen LogP contribution in [-0.2, 0) is 46.3 Å². The number of nitrogens with two attached hydrogens (primary N) is 2. The van der Waals surface area contributed by atoms with E-state index in [4.69, 9.17) is 16.2 Å². The zero-order valence-corrected chi connectivity index (χ0v) is 40.3. The van der Waals surface area contributed by atoms with Gasteiger partial charge in [-0.3, -0.25) is 38.6 Å². The summed E-state index contributed by atoms with van der Waals surface area (Å²) in [5.74, 6) is -22.2. The van der Waals surface area contributed by atoms with Crippen molar-refractivity contribution < 1.29 is 79.2 Å². The molecule has 2 fully saturated rings. The van der Waals surface area contributed by atoms with Gasteiger partial charge < -0.3 is 57.1 Å². The summed E-state index contributed by atoms with van der Waals surface area (Å²) in [6.07, 6.45) is -0.130. The molecule has 12 N–H and O–H groups in total. The molecule has 10 rings (SSSR count). The van der Waals surface area contributed by atoms with Crippen molar-refractivity contribution in [1.29, 1.82) is 0 Å². The average molecular weight is 1030 g/mol. The van der Waals surface area contributed by atoms with Gasteiger partial charge in [0.1, 0.15) is 52.0 Å². The van der Waals surface area contributed by atoms with Gasteiger partial charge in [0, 0.05) is 17.1 Å². The number of primary amides is 2. The van der Waals surface area contributed by atoms with Gasteiger partial charge in [0.25, 0.3) is 11.8 Å². The van der Waals surface area contributed by atoms with Gasteiger partial charge in [-0.25, -0.2) is 14.2 Å². The Morgan fingerprint density at radius 3 is 1.87 bits per heavy atom. The standard InChI is InChI=1S/C48H47N11O16/c1-6-75-44(72)21-15-58(54-52-21)22-7-9-24(60)30-20(22)12-18-14-45(36(56(2)3)35(64)31(42(49)70)41(69)48(45,74)40(68)28(18)34(30)63)47(57(4)5)26-13-17-11-19-23(59-16-51-53-55-59)8-10-25(61)29(19)33(62)27(17)37(65)46(26,73)38(66)32(39(47)67)43(50)71/h7-10,15-18,26,36,60-63,67,69,73-74H,6,11-14H2,1-5H3,(H2,49,70)(H2,50,71)/t17-,18?,26+,36?,45?,46-,47-,48-/m1/s1. The van der Waals surface area contributed by atoms with Crippen LogP contribution in [0.4, 0.5) is 0 Å². The van der Waals surface area contributed by atoms with Crippen LogP contribution in [0, 0.1) is 23.2 Å². The summed E-state index contributed by atoms with van der Waals surface area (Å²) in [7, 11) is 4.86. The second-order valence-electron chi connectivity index (χ2n) is 19.8. The number of rotatable bonds is 9. The summed E-state index contributed by atoms with van der Waals surface area (Å²) in [6.45, 7) is 1.55. The van der Waals surface area contributed by atoms with E-state index in [1.807, 2.05) is 0 Å². The number of nitrogens with zero attached hydrogens (tertiary/aromatic N) is 9. The van der Waals surface area contributed by atoms with Gasteiger partial charge in [0.15, 0.2) is 22.7 Å². The lowest BCUT2D eigenvalue weighted by Gasteiger charge is -2.70. The lowest BCUT2D eigenvalue weighted by molar-refractivity contribution is -0.236. The SMILES string of the molecule is CCOC(=O)c1cn(-c2ccc(O)c3c2CC2CC4([C@]5(N(C)C)C(O)=C(C(N)=O)C(=O)[C@]6(O)C(=O)C7=C(O)c8c(O)ccc(-n9cnnn9)c8C[C@@H]7C[C@@H]65)C(N(C)C)C(=O)C(C(N)=O)=C(O)[C@]4(O)C(=O)C2=C3O)nn1. The molecule has 0 aliphatic heterocycles. The highest BCUT2D eigenvalue weighted by atomic mass is 16.5. The fourth-order valence-corrected chi connectivity index (χ4v) is 13.5. The number of aromatic hydroxyl groups is 2. The molecular formula is C48H47N11O16. The second-order valence-corrected chi connectivity index (χ2v) is 19.8. The molecule has 27 nitrogen and oxygen atoms in total. The molecule has 6 aliphatic carbocycles. The molecule has 0 saturated heterocycles. The first kappa shape index (κ1) is 49.9. The zero-order chi connectivity index (χ0) is 54.5. The number of aliphatic hydroxyl groups excluding tert-OH is 4. The topological polar surface area (TPSA) is 423 Å². The van der Waals surface area contributed by atoms with Gasteiger partial charge in [-0.1, -0.05) is 5.21 Å². The Balaban J connectivity index is 1.30. The van der Waals surface area contributed by atoms with E-state index in [2.05, 4.69) is 25.8 Å². The number of ketones is 4. The number of tetrazole rings is 1. The average Bonchev–Trinajstić information content (AvgIpc) is 4.06. The number of ether oxygens (including phenoxy) is 1. The molecular weight excluding hydrogens is 987 g/mol. The summed E-state index contributed by atoms with van der Waals surface area (Å²) in [5, 5.41) is 120. The Hall–Kier alpha value is -8.66. The van der Waals surface area contributed by atoms with E-state index in [1.54, 1.807) is 6.92 Å². The fourth-order valence-electron chi connectivity index (χ4n) is 13.5. The molecule has 3 unspecified atom stereocenters. The number of phenolic OH excluding ortho intramolecular Hbond substituents is 2. The monoisotopic (exact) mass is 1030 g/mol. The third kappa shape index (κ3) is 5.98. The number of likely N-dealkylation sites (N-methyl/N-ethyl adjacent to an activating group) is 2. The molecule has 0 bridgehead atoms. The van der Waals surface area contributed by atoms with Gasteiger partial charge in [0.05, 0.1) is 52.3 Å². The predicted octanol–water partition coefficient (Wildman–Crippen LogP) is -1.58. The second kappa shape index (κ2) is 16.4. The van der Waals surface area contributed by atoms with E-state index in [-0.39, 0.29) is 46.8 Å². The van der Waals surface area contributed by atoms with Crippen molar-refractivity contribution in [1.82, 2.24) is 45.0 Å². The van der Waals surface area contributed by atoms with Crippen molar-refractivity contribution in [3.05, 3.63) is 98.5 Å². The molecule has 27 heteroatoms. The molecule has 2 aromatic heterocycles. The maximum absolute atomic E-state index is 16.1. The molecule has 2 amide bonds. The number of carbonyl (C=O) groups excluding carboxylic acids is 7. The van der Waals surface area contributed by atoms with Gasteiger partial charge in [-0.05, 0) is 118 Å². The molecule has 0 radical (unpaired) electrons. The van der Waals surface area contributed by atoms with Crippen molar-refractivity contribution in [2.45, 2.75) is 55.4 Å². The van der Waals surface area contributed by atoms with Crippen molar-refractivity contribution in [3.63, 3.8) is 0 Å². The first-order valence-electron chi connectivity index (χ1n) is 23.2. The van der Waals surface area contributed by atoms with Gasteiger partial charge in [-0.2, -0.15) is 0 Å². The molecule has 75 heavy (non-hydrogen) atoms. The number of hydrogen-bond donors (Lipinski definition) is 10. The minimum Gasteiger partial charge on any atom is -0.509 e. The van der Waals surface area contributed by atoms with Gasteiger partial charge in [-0.15, -0.1) is 10.2 Å². The van der Waals surface area contributed by atoms with Gasteiger partial charge >= 0.3 is 5.97 Å². The van der Waals surface area contributed by atoms with E-state index in [0.717, 1.165) is 26.6 Å². The number of aromatic nitrogens is 7. The quantitative estimate of drug-likeness (QED) is 0.0513. The van der Waals surface area contributed by atoms with Crippen LogP contribution in [0.5, 0.6) is 11.5 Å². The van der Waals surface area contributed by atoms with Crippen molar-refractivity contribution >= 4 is 52.4 Å². The minimum atomic E-state index is -3.84. The molecule has 2 saturated carbocycles. The van der Waals surface area contributed by atoms with Crippen molar-refractivity contribution in [2.24, 2.45) is 34.6 Å². The van der Waals surface area contributed by atoms with E-state index in [0.29, 0.717) is 0 Å². The van der Waals surface area contributed by atoms with Crippen molar-refractivity contribution in [3.8, 4) is 22.9 Å². The van der Waals surface area contributed by atoms with Crippen LogP contribution in [0.2, 0.25) is 0 Å². The van der Waals surface area contributed by atoms with E-state index >= 15 is 19.2 Å². The maximum Gasteiger partial charge on any atom is 0.360 e. The maximum atomic E-state index is 16.1. The first-order chi connectivity index (χ1) is 35.3. The van der Waals surface area contributed by atoms with Crippen LogP contribution in [-0.4, -0.2) is 184 Å². The Bertz CT molecular complexity index is 3470. The highest BCUT2D eigenvalue weighted by Crippen LogP contribution is 2.71. The number of amides is 2. The van der Waals surface area contributed by atoms with Crippen LogP contribution in [0.3, 0.4) is 0 Å². The number of benzene rings is 2. The summed E-state index contributed by atoms with van der Waals surface area (Å²) in [5.41, 5.74) is -6.83. The number of phenols is 2. The van der Waals surface area contributed by atoms with Gasteiger partial charge in [0.2, 0.25) is 17.3 Å². The fraction of sp³-hybridized carbons (Fsp3) is 0.375. The number of hydrogen-bond acceptors (Lipinski definition) is 23. The van der Waals surface area contributed by atoms with E-state index in [1.165, 1.54) is 57.5 Å². The Morgan fingerprint density at radius 1 is 0.760 bits per heavy atom. The Kier molecular flexibility index (Phi) is 10.9.